The summed E-state index contributed by atoms with van der Waals surface area (Å²) in [5.74, 6) is -0.657. The van der Waals surface area contributed by atoms with Gasteiger partial charge in [-0.1, -0.05) is 61.0 Å². The van der Waals surface area contributed by atoms with E-state index in [1.807, 2.05) is 37.3 Å². The van der Waals surface area contributed by atoms with Crippen molar-refractivity contribution in [2.45, 2.75) is 19.4 Å². The molecule has 0 unspecified atom stereocenters. The number of carbonyl (C=O) groups excluding carboxylic acids is 1. The summed E-state index contributed by atoms with van der Waals surface area (Å²) < 4.78 is 39.2. The van der Waals surface area contributed by atoms with Gasteiger partial charge in [0.25, 0.3) is 5.91 Å². The molecule has 8 heteroatoms. The fraction of sp³-hybridized carbons (Fsp3) is 0.208. The van der Waals surface area contributed by atoms with Gasteiger partial charge in [-0.2, -0.15) is 0 Å². The third-order valence-electron chi connectivity index (χ3n) is 5.07. The lowest BCUT2D eigenvalue weighted by molar-refractivity contribution is 0.0951. The molecule has 0 fully saturated rings. The predicted octanol–water partition coefficient (Wildman–Crippen LogP) is 4.98. The van der Waals surface area contributed by atoms with Crippen molar-refractivity contribution in [3.05, 3.63) is 100 Å². The Kier molecular flexibility index (Phi) is 7.53. The van der Waals surface area contributed by atoms with E-state index in [4.69, 9.17) is 11.6 Å². The maximum absolute atomic E-state index is 13.5. The molecule has 168 valence electrons. The predicted molar refractivity (Wildman–Crippen MR) is 126 cm³/mol. The summed E-state index contributed by atoms with van der Waals surface area (Å²) in [6.45, 7) is 2.56. The SMILES string of the molecule is C[C@@H](CNC(=O)c1ccc(CN(c2ccc(F)c(Cl)c2)S(C)(=O)=O)cc1)c1ccccc1. The fourth-order valence-corrected chi connectivity index (χ4v) is 4.27. The van der Waals surface area contributed by atoms with E-state index in [0.717, 1.165) is 22.2 Å². The number of halogens is 2. The number of carbonyl (C=O) groups is 1. The highest BCUT2D eigenvalue weighted by atomic mass is 35.5. The van der Waals surface area contributed by atoms with E-state index < -0.39 is 15.8 Å². The lowest BCUT2D eigenvalue weighted by Crippen LogP contribution is -2.29. The molecular formula is C24H24ClFN2O3S. The van der Waals surface area contributed by atoms with Gasteiger partial charge in [-0.3, -0.25) is 9.10 Å². The average Bonchev–Trinajstić information content (AvgIpc) is 2.78. The lowest BCUT2D eigenvalue weighted by atomic mass is 10.0. The van der Waals surface area contributed by atoms with Crippen LogP contribution >= 0.6 is 11.6 Å². The average molecular weight is 475 g/mol. The monoisotopic (exact) mass is 474 g/mol. The van der Waals surface area contributed by atoms with Crippen LogP contribution in [0, 0.1) is 5.82 Å². The number of nitrogens with zero attached hydrogens (tertiary/aromatic N) is 1. The first kappa shape index (κ1) is 23.8. The number of rotatable bonds is 8. The van der Waals surface area contributed by atoms with Crippen LogP contribution in [0.2, 0.25) is 5.02 Å². The number of nitrogens with one attached hydrogen (secondary N) is 1. The third kappa shape index (κ3) is 6.08. The van der Waals surface area contributed by atoms with Crippen LogP contribution in [0.15, 0.2) is 72.8 Å². The Hall–Kier alpha value is -2.90. The Morgan fingerprint density at radius 3 is 2.31 bits per heavy atom. The molecule has 3 rings (SSSR count). The van der Waals surface area contributed by atoms with E-state index >= 15 is 0 Å². The van der Waals surface area contributed by atoms with Crippen molar-refractivity contribution >= 4 is 33.2 Å². The summed E-state index contributed by atoms with van der Waals surface area (Å²) in [6.07, 6.45) is 1.07. The zero-order chi connectivity index (χ0) is 23.3. The first-order valence-electron chi connectivity index (χ1n) is 10.00. The van der Waals surface area contributed by atoms with Gasteiger partial charge >= 0.3 is 0 Å². The van der Waals surface area contributed by atoms with E-state index in [9.17, 15) is 17.6 Å². The van der Waals surface area contributed by atoms with Gasteiger partial charge in [-0.15, -0.1) is 0 Å². The van der Waals surface area contributed by atoms with E-state index in [1.165, 1.54) is 12.1 Å². The van der Waals surface area contributed by atoms with Gasteiger partial charge in [0.2, 0.25) is 10.0 Å². The molecule has 0 aliphatic rings. The number of anilines is 1. The van der Waals surface area contributed by atoms with Gasteiger partial charge in [-0.05, 0) is 47.4 Å². The molecule has 0 aliphatic carbocycles. The molecule has 32 heavy (non-hydrogen) atoms. The van der Waals surface area contributed by atoms with Crippen LogP contribution in [0.4, 0.5) is 10.1 Å². The summed E-state index contributed by atoms with van der Waals surface area (Å²) in [7, 11) is -3.64. The molecule has 3 aromatic rings. The van der Waals surface area contributed by atoms with Crippen molar-refractivity contribution in [2.24, 2.45) is 0 Å². The van der Waals surface area contributed by atoms with Gasteiger partial charge in [0.1, 0.15) is 5.82 Å². The Balaban J connectivity index is 1.68. The van der Waals surface area contributed by atoms with Gasteiger partial charge in [0.15, 0.2) is 0 Å². The third-order valence-corrected chi connectivity index (χ3v) is 6.50. The van der Waals surface area contributed by atoms with Crippen LogP contribution in [-0.2, 0) is 16.6 Å². The molecule has 1 atom stereocenters. The van der Waals surface area contributed by atoms with Crippen LogP contribution in [0.5, 0.6) is 0 Å². The lowest BCUT2D eigenvalue weighted by Gasteiger charge is -2.23. The molecule has 3 aromatic carbocycles. The zero-order valence-corrected chi connectivity index (χ0v) is 19.3. The molecule has 0 radical (unpaired) electrons. The minimum atomic E-state index is -3.64. The first-order valence-corrected chi connectivity index (χ1v) is 12.2. The Labute approximate surface area is 192 Å². The molecule has 0 saturated carbocycles. The van der Waals surface area contributed by atoms with Crippen LogP contribution < -0.4 is 9.62 Å². The Morgan fingerprint density at radius 2 is 1.72 bits per heavy atom. The van der Waals surface area contributed by atoms with Crippen molar-refractivity contribution in [3.63, 3.8) is 0 Å². The smallest absolute Gasteiger partial charge is 0.251 e. The van der Waals surface area contributed by atoms with Crippen molar-refractivity contribution < 1.29 is 17.6 Å². The molecule has 0 aromatic heterocycles. The van der Waals surface area contributed by atoms with Crippen LogP contribution in [0.3, 0.4) is 0 Å². The highest BCUT2D eigenvalue weighted by Crippen LogP contribution is 2.26. The number of amides is 1. The molecule has 0 bridgehead atoms. The van der Waals surface area contributed by atoms with Crippen molar-refractivity contribution in [3.8, 4) is 0 Å². The van der Waals surface area contributed by atoms with Crippen LogP contribution in [-0.4, -0.2) is 27.1 Å². The molecular weight excluding hydrogens is 451 g/mol. The minimum Gasteiger partial charge on any atom is -0.351 e. The highest BCUT2D eigenvalue weighted by Gasteiger charge is 2.19. The minimum absolute atomic E-state index is 0.0216. The van der Waals surface area contributed by atoms with E-state index in [-0.39, 0.29) is 29.1 Å². The highest BCUT2D eigenvalue weighted by molar-refractivity contribution is 7.92. The molecule has 0 spiro atoms. The Morgan fingerprint density at radius 1 is 1.06 bits per heavy atom. The molecule has 0 heterocycles. The molecule has 0 saturated heterocycles. The number of hydrogen-bond donors (Lipinski definition) is 1. The number of sulfonamides is 1. The van der Waals surface area contributed by atoms with Crippen LogP contribution in [0.25, 0.3) is 0 Å². The molecule has 1 N–H and O–H groups in total. The zero-order valence-electron chi connectivity index (χ0n) is 17.8. The second-order valence-corrected chi connectivity index (χ2v) is 9.90. The molecule has 0 aliphatic heterocycles. The largest absolute Gasteiger partial charge is 0.351 e. The second kappa shape index (κ2) is 10.1. The van der Waals surface area contributed by atoms with Crippen molar-refractivity contribution in [1.82, 2.24) is 5.32 Å². The van der Waals surface area contributed by atoms with Gasteiger partial charge < -0.3 is 5.32 Å². The molecule has 1 amide bonds. The fourth-order valence-electron chi connectivity index (χ4n) is 3.21. The summed E-state index contributed by atoms with van der Waals surface area (Å²) in [5, 5.41) is 2.76. The topological polar surface area (TPSA) is 66.5 Å². The quantitative estimate of drug-likeness (QED) is 0.500. The summed E-state index contributed by atoms with van der Waals surface area (Å²) in [6, 6.07) is 20.4. The van der Waals surface area contributed by atoms with Crippen LogP contribution in [0.1, 0.15) is 34.3 Å². The normalized spacial score (nSPS) is 12.2. The maximum atomic E-state index is 13.5. The van der Waals surface area contributed by atoms with Gasteiger partial charge in [0, 0.05) is 12.1 Å². The first-order chi connectivity index (χ1) is 15.1. The second-order valence-electron chi connectivity index (χ2n) is 7.59. The summed E-state index contributed by atoms with van der Waals surface area (Å²) in [4.78, 5) is 12.5. The van der Waals surface area contributed by atoms with E-state index in [2.05, 4.69) is 5.32 Å². The van der Waals surface area contributed by atoms with Crippen molar-refractivity contribution in [1.29, 1.82) is 0 Å². The van der Waals surface area contributed by atoms with E-state index in [0.29, 0.717) is 17.7 Å². The van der Waals surface area contributed by atoms with E-state index in [1.54, 1.807) is 24.3 Å². The van der Waals surface area contributed by atoms with Gasteiger partial charge in [-0.25, -0.2) is 12.8 Å². The number of hydrogen-bond acceptors (Lipinski definition) is 3. The number of benzene rings is 3. The standard InChI is InChI=1S/C24H24ClFN2O3S/c1-17(19-6-4-3-5-7-19)15-27-24(29)20-10-8-18(9-11-20)16-28(32(2,30)31)21-12-13-23(26)22(25)14-21/h3-14,17H,15-16H2,1-2H3,(H,27,29)/t17-/m0/s1. The summed E-state index contributed by atoms with van der Waals surface area (Å²) in [5.41, 5.74) is 2.55. The van der Waals surface area contributed by atoms with Crippen molar-refractivity contribution in [2.75, 3.05) is 17.1 Å². The summed E-state index contributed by atoms with van der Waals surface area (Å²) >= 11 is 5.82. The van der Waals surface area contributed by atoms with Gasteiger partial charge in [0.05, 0.1) is 23.5 Å². The maximum Gasteiger partial charge on any atom is 0.251 e. The molecule has 5 nitrogen and oxygen atoms in total. The Bertz CT molecular complexity index is 1190.